The Morgan fingerprint density at radius 2 is 1.68 bits per heavy atom. The molecule has 0 amide bonds. The third kappa shape index (κ3) is 3.49. The standard InChI is InChI=1S/C16H24O3/c1-10-7-11(9-16(5,6)14(18)19)13(17)12(8-10)15(2,3)4/h7-8,17H,9H2,1-6H3,(H,18,19). The first-order valence-corrected chi connectivity index (χ1v) is 6.51. The second kappa shape index (κ2) is 4.87. The van der Waals surface area contributed by atoms with Crippen molar-refractivity contribution >= 4 is 5.97 Å². The van der Waals surface area contributed by atoms with Crippen LogP contribution in [0.2, 0.25) is 0 Å². The van der Waals surface area contributed by atoms with Crippen molar-refractivity contribution in [2.24, 2.45) is 5.41 Å². The highest BCUT2D eigenvalue weighted by Crippen LogP contribution is 2.37. The van der Waals surface area contributed by atoms with Gasteiger partial charge in [0.25, 0.3) is 0 Å². The van der Waals surface area contributed by atoms with Crippen LogP contribution in [-0.2, 0) is 16.6 Å². The van der Waals surface area contributed by atoms with Crippen LogP contribution in [0.5, 0.6) is 5.75 Å². The van der Waals surface area contributed by atoms with Crippen LogP contribution in [0.4, 0.5) is 0 Å². The molecule has 0 saturated carbocycles. The molecule has 0 heterocycles. The Morgan fingerprint density at radius 3 is 2.11 bits per heavy atom. The third-order valence-corrected chi connectivity index (χ3v) is 3.35. The SMILES string of the molecule is Cc1cc(CC(C)(C)C(=O)O)c(O)c(C(C)(C)C)c1. The fraction of sp³-hybridized carbons (Fsp3) is 0.562. The Hall–Kier alpha value is -1.51. The number of aliphatic carboxylic acids is 1. The fourth-order valence-corrected chi connectivity index (χ4v) is 2.11. The molecule has 2 N–H and O–H groups in total. The van der Waals surface area contributed by atoms with Crippen molar-refractivity contribution in [1.82, 2.24) is 0 Å². The van der Waals surface area contributed by atoms with Crippen molar-refractivity contribution in [1.29, 1.82) is 0 Å². The number of aromatic hydroxyl groups is 1. The van der Waals surface area contributed by atoms with Crippen LogP contribution in [0, 0.1) is 12.3 Å². The van der Waals surface area contributed by atoms with Gasteiger partial charge in [-0.1, -0.05) is 38.5 Å². The molecule has 0 fully saturated rings. The molecule has 0 aromatic heterocycles. The first kappa shape index (κ1) is 15.5. The van der Waals surface area contributed by atoms with Gasteiger partial charge >= 0.3 is 5.97 Å². The highest BCUT2D eigenvalue weighted by molar-refractivity contribution is 5.74. The molecule has 3 heteroatoms. The van der Waals surface area contributed by atoms with E-state index in [1.54, 1.807) is 13.8 Å². The van der Waals surface area contributed by atoms with E-state index >= 15 is 0 Å². The largest absolute Gasteiger partial charge is 0.507 e. The van der Waals surface area contributed by atoms with Gasteiger partial charge in [-0.15, -0.1) is 0 Å². The van der Waals surface area contributed by atoms with Crippen molar-refractivity contribution in [3.05, 3.63) is 28.8 Å². The summed E-state index contributed by atoms with van der Waals surface area (Å²) in [4.78, 5) is 11.2. The average Bonchev–Trinajstić information content (AvgIpc) is 2.20. The minimum atomic E-state index is -0.888. The van der Waals surface area contributed by atoms with Crippen LogP contribution in [0.1, 0.15) is 51.3 Å². The van der Waals surface area contributed by atoms with Gasteiger partial charge in [0, 0.05) is 0 Å². The first-order valence-electron chi connectivity index (χ1n) is 6.51. The lowest BCUT2D eigenvalue weighted by molar-refractivity contribution is -0.146. The van der Waals surface area contributed by atoms with Gasteiger partial charge in [-0.25, -0.2) is 0 Å². The number of aryl methyl sites for hydroxylation is 1. The lowest BCUT2D eigenvalue weighted by Crippen LogP contribution is -2.26. The second-order valence-corrected chi connectivity index (χ2v) is 6.94. The smallest absolute Gasteiger partial charge is 0.309 e. The number of carbonyl (C=O) groups is 1. The molecule has 0 aliphatic carbocycles. The molecule has 1 aromatic rings. The fourth-order valence-electron chi connectivity index (χ4n) is 2.11. The lowest BCUT2D eigenvalue weighted by Gasteiger charge is -2.25. The quantitative estimate of drug-likeness (QED) is 0.876. The van der Waals surface area contributed by atoms with E-state index < -0.39 is 11.4 Å². The summed E-state index contributed by atoms with van der Waals surface area (Å²) in [5.74, 6) is -0.627. The minimum absolute atomic E-state index is 0.168. The summed E-state index contributed by atoms with van der Waals surface area (Å²) in [5, 5.41) is 19.6. The molecule has 3 nitrogen and oxygen atoms in total. The van der Waals surface area contributed by atoms with E-state index in [1.807, 2.05) is 39.8 Å². The van der Waals surface area contributed by atoms with Gasteiger partial charge in [-0.2, -0.15) is 0 Å². The number of benzene rings is 1. The number of hydrogen-bond acceptors (Lipinski definition) is 2. The van der Waals surface area contributed by atoms with Gasteiger partial charge in [0.1, 0.15) is 5.75 Å². The maximum Gasteiger partial charge on any atom is 0.309 e. The van der Waals surface area contributed by atoms with E-state index in [-0.39, 0.29) is 11.2 Å². The van der Waals surface area contributed by atoms with Crippen molar-refractivity contribution in [3.63, 3.8) is 0 Å². The Kier molecular flexibility index (Phi) is 3.99. The minimum Gasteiger partial charge on any atom is -0.507 e. The average molecular weight is 264 g/mol. The number of hydrogen-bond donors (Lipinski definition) is 2. The highest BCUT2D eigenvalue weighted by Gasteiger charge is 2.30. The summed E-state index contributed by atoms with van der Waals surface area (Å²) in [5.41, 5.74) is 1.55. The number of phenols is 1. The van der Waals surface area contributed by atoms with E-state index in [9.17, 15) is 15.0 Å². The molecular formula is C16H24O3. The molecule has 0 atom stereocenters. The van der Waals surface area contributed by atoms with Crippen LogP contribution in [-0.4, -0.2) is 16.2 Å². The Morgan fingerprint density at radius 1 is 1.16 bits per heavy atom. The monoisotopic (exact) mass is 264 g/mol. The maximum atomic E-state index is 11.2. The van der Waals surface area contributed by atoms with E-state index in [2.05, 4.69) is 0 Å². The molecule has 0 unspecified atom stereocenters. The summed E-state index contributed by atoms with van der Waals surface area (Å²) >= 11 is 0. The van der Waals surface area contributed by atoms with Crippen LogP contribution < -0.4 is 0 Å². The molecular weight excluding hydrogens is 240 g/mol. The molecule has 1 aromatic carbocycles. The molecule has 0 aliphatic rings. The number of carboxylic acid groups (broad SMARTS) is 1. The Labute approximate surface area is 115 Å². The van der Waals surface area contributed by atoms with E-state index in [4.69, 9.17) is 0 Å². The molecule has 0 bridgehead atoms. The molecule has 1 rings (SSSR count). The molecule has 106 valence electrons. The van der Waals surface area contributed by atoms with E-state index in [0.29, 0.717) is 12.0 Å². The highest BCUT2D eigenvalue weighted by atomic mass is 16.4. The normalized spacial score (nSPS) is 12.5. The summed E-state index contributed by atoms with van der Waals surface area (Å²) in [6.45, 7) is 11.4. The Balaban J connectivity index is 3.31. The third-order valence-electron chi connectivity index (χ3n) is 3.35. The van der Waals surface area contributed by atoms with Crippen LogP contribution in [0.25, 0.3) is 0 Å². The van der Waals surface area contributed by atoms with E-state index in [1.165, 1.54) is 0 Å². The van der Waals surface area contributed by atoms with Crippen molar-refractivity contribution < 1.29 is 15.0 Å². The predicted molar refractivity (Wildman–Crippen MR) is 76.7 cm³/mol. The van der Waals surface area contributed by atoms with Gasteiger partial charge < -0.3 is 10.2 Å². The van der Waals surface area contributed by atoms with Gasteiger partial charge in [-0.05, 0) is 43.7 Å². The second-order valence-electron chi connectivity index (χ2n) is 6.94. The van der Waals surface area contributed by atoms with Crippen molar-refractivity contribution in [3.8, 4) is 5.75 Å². The summed E-state index contributed by atoms with van der Waals surface area (Å²) in [6.07, 6.45) is 0.318. The molecule has 0 saturated heterocycles. The number of carboxylic acids is 1. The zero-order valence-electron chi connectivity index (χ0n) is 12.7. The molecule has 0 aliphatic heterocycles. The number of phenolic OH excluding ortho intramolecular Hbond substituents is 1. The topological polar surface area (TPSA) is 57.5 Å². The summed E-state index contributed by atoms with van der Waals surface area (Å²) in [7, 11) is 0. The lowest BCUT2D eigenvalue weighted by atomic mass is 9.80. The molecule has 0 radical (unpaired) electrons. The van der Waals surface area contributed by atoms with Gasteiger partial charge in [0.15, 0.2) is 0 Å². The van der Waals surface area contributed by atoms with Gasteiger partial charge in [0.2, 0.25) is 0 Å². The van der Waals surface area contributed by atoms with Gasteiger partial charge in [-0.3, -0.25) is 4.79 Å². The van der Waals surface area contributed by atoms with Crippen molar-refractivity contribution in [2.45, 2.75) is 53.4 Å². The predicted octanol–water partition coefficient (Wildman–Crippen LogP) is 3.65. The molecule has 0 spiro atoms. The summed E-state index contributed by atoms with van der Waals surface area (Å²) < 4.78 is 0. The Bertz CT molecular complexity index is 493. The summed E-state index contributed by atoms with van der Waals surface area (Å²) in [6, 6.07) is 3.84. The zero-order chi connectivity index (χ0) is 15.0. The maximum absolute atomic E-state index is 11.2. The van der Waals surface area contributed by atoms with Crippen LogP contribution >= 0.6 is 0 Å². The van der Waals surface area contributed by atoms with Crippen LogP contribution in [0.3, 0.4) is 0 Å². The van der Waals surface area contributed by atoms with Crippen molar-refractivity contribution in [2.75, 3.05) is 0 Å². The van der Waals surface area contributed by atoms with E-state index in [0.717, 1.165) is 11.1 Å². The first-order chi connectivity index (χ1) is 8.45. The zero-order valence-corrected chi connectivity index (χ0v) is 12.7. The molecule has 19 heavy (non-hydrogen) atoms. The van der Waals surface area contributed by atoms with Crippen LogP contribution in [0.15, 0.2) is 12.1 Å². The van der Waals surface area contributed by atoms with Gasteiger partial charge in [0.05, 0.1) is 5.41 Å². The number of rotatable bonds is 3.